The van der Waals surface area contributed by atoms with Gasteiger partial charge in [0.05, 0.1) is 0 Å². The molecule has 0 aromatic carbocycles. The van der Waals surface area contributed by atoms with Gasteiger partial charge in [-0.05, 0) is 17.1 Å². The molecule has 6 heteroatoms. The first-order valence-electron chi connectivity index (χ1n) is 6.27. The van der Waals surface area contributed by atoms with Gasteiger partial charge in [-0.15, -0.1) is 0 Å². The normalized spacial score (nSPS) is 25.1. The summed E-state index contributed by atoms with van der Waals surface area (Å²) in [5, 5.41) is -0.319. The molecule has 0 aromatic heterocycles. The minimum atomic E-state index is -2.99. The van der Waals surface area contributed by atoms with Crippen LogP contribution in [0.15, 0.2) is 0 Å². The van der Waals surface area contributed by atoms with Gasteiger partial charge in [0.15, 0.2) is 9.84 Å². The maximum absolute atomic E-state index is 11.8. The van der Waals surface area contributed by atoms with E-state index in [0.29, 0.717) is 11.7 Å². The van der Waals surface area contributed by atoms with Crippen molar-refractivity contribution in [3.8, 4) is 0 Å². The van der Waals surface area contributed by atoms with Crippen molar-refractivity contribution in [2.75, 3.05) is 36.6 Å². The molecule has 1 saturated heterocycles. The van der Waals surface area contributed by atoms with Crippen LogP contribution in [-0.4, -0.2) is 55.3 Å². The molecule has 3 nitrogen and oxygen atoms in total. The predicted molar refractivity (Wildman–Crippen MR) is 84.3 cm³/mol. The van der Waals surface area contributed by atoms with Gasteiger partial charge in [0, 0.05) is 30.9 Å². The summed E-state index contributed by atoms with van der Waals surface area (Å²) >= 11 is 6.17. The van der Waals surface area contributed by atoms with Crippen molar-refractivity contribution in [1.29, 1.82) is 0 Å². The van der Waals surface area contributed by atoms with Gasteiger partial charge in [-0.25, -0.2) is 8.42 Å². The van der Waals surface area contributed by atoms with Gasteiger partial charge in [-0.3, -0.25) is 4.90 Å². The number of hydrogen-bond donors (Lipinski definition) is 1. The van der Waals surface area contributed by atoms with E-state index >= 15 is 0 Å². The van der Waals surface area contributed by atoms with E-state index in [9.17, 15) is 8.42 Å². The van der Waals surface area contributed by atoms with Gasteiger partial charge >= 0.3 is 0 Å². The van der Waals surface area contributed by atoms with E-state index in [1.807, 2.05) is 0 Å². The molecule has 0 aliphatic carbocycles. The zero-order valence-electron chi connectivity index (χ0n) is 11.7. The maximum Gasteiger partial charge on any atom is 0.164 e. The van der Waals surface area contributed by atoms with Crippen molar-refractivity contribution in [3.63, 3.8) is 0 Å². The Morgan fingerprint density at radius 2 is 2.06 bits per heavy atom. The second-order valence-electron chi connectivity index (χ2n) is 6.10. The number of sulfone groups is 1. The predicted octanol–water partition coefficient (Wildman–Crippen LogP) is 2.00. The van der Waals surface area contributed by atoms with Crippen LogP contribution in [0.3, 0.4) is 0 Å². The van der Waals surface area contributed by atoms with Gasteiger partial charge in [-0.2, -0.15) is 24.4 Å². The van der Waals surface area contributed by atoms with Crippen LogP contribution in [0.1, 0.15) is 20.8 Å². The smallest absolute Gasteiger partial charge is 0.164 e. The zero-order valence-corrected chi connectivity index (χ0v) is 14.2. The van der Waals surface area contributed by atoms with Gasteiger partial charge < -0.3 is 0 Å². The number of hydrogen-bond acceptors (Lipinski definition) is 5. The molecule has 0 radical (unpaired) electrons. The maximum atomic E-state index is 11.8. The lowest BCUT2D eigenvalue weighted by molar-refractivity contribution is 0.162. The van der Waals surface area contributed by atoms with E-state index in [4.69, 9.17) is 0 Å². The summed E-state index contributed by atoms with van der Waals surface area (Å²) in [6.07, 6.45) is 1.35. The molecule has 0 aromatic rings. The van der Waals surface area contributed by atoms with Gasteiger partial charge in [0.2, 0.25) is 0 Å². The molecule has 1 fully saturated rings. The first-order chi connectivity index (χ1) is 8.16. The summed E-state index contributed by atoms with van der Waals surface area (Å²) in [6.45, 7) is 8.28. The summed E-state index contributed by atoms with van der Waals surface area (Å²) in [6, 6.07) is 0. The molecule has 0 saturated carbocycles. The number of nitrogens with zero attached hydrogens (tertiary/aromatic N) is 1. The van der Waals surface area contributed by atoms with Crippen molar-refractivity contribution in [1.82, 2.24) is 4.90 Å². The van der Waals surface area contributed by atoms with Crippen molar-refractivity contribution in [2.24, 2.45) is 11.3 Å². The molecule has 1 rings (SSSR count). The van der Waals surface area contributed by atoms with E-state index in [0.717, 1.165) is 24.6 Å². The molecule has 2 atom stereocenters. The highest BCUT2D eigenvalue weighted by atomic mass is 32.2. The molecule has 108 valence electrons. The monoisotopic (exact) mass is 311 g/mol. The fourth-order valence-electron chi connectivity index (χ4n) is 2.11. The fourth-order valence-corrected chi connectivity index (χ4v) is 5.72. The Kier molecular flexibility index (Phi) is 5.90. The molecule has 18 heavy (non-hydrogen) atoms. The molecule has 1 aliphatic heterocycles. The van der Waals surface area contributed by atoms with Gasteiger partial charge in [-0.1, -0.05) is 20.8 Å². The SMILES string of the molecule is CC(C)(C)C(CS)CN1CCSCC1S(C)(=O)=O. The quantitative estimate of drug-likeness (QED) is 0.806. The Hall–Kier alpha value is 0.610. The Morgan fingerprint density at radius 1 is 1.44 bits per heavy atom. The van der Waals surface area contributed by atoms with Gasteiger partial charge in [0.25, 0.3) is 0 Å². The standard InChI is InChI=1S/C12H25NO2S3/c1-12(2,3)10(8-16)7-13-5-6-17-9-11(13)18(4,14)15/h10-11,16H,5-9H2,1-4H3. The minimum absolute atomic E-state index is 0.161. The summed E-state index contributed by atoms with van der Waals surface area (Å²) < 4.78 is 23.7. The molecule has 1 heterocycles. The summed E-state index contributed by atoms with van der Waals surface area (Å²) in [5.74, 6) is 2.93. The minimum Gasteiger partial charge on any atom is -0.285 e. The highest BCUT2D eigenvalue weighted by molar-refractivity contribution is 8.00. The third-order valence-corrected chi connectivity index (χ3v) is 6.71. The molecule has 0 amide bonds. The van der Waals surface area contributed by atoms with Crippen LogP contribution in [0.2, 0.25) is 0 Å². The first-order valence-corrected chi connectivity index (χ1v) is 10.0. The molecule has 2 unspecified atom stereocenters. The number of rotatable bonds is 4. The number of thioether (sulfide) groups is 1. The van der Waals surface area contributed by atoms with Crippen LogP contribution >= 0.6 is 24.4 Å². The topological polar surface area (TPSA) is 37.4 Å². The third-order valence-electron chi connectivity index (χ3n) is 3.58. The average Bonchev–Trinajstić information content (AvgIpc) is 2.23. The molecule has 1 aliphatic rings. The lowest BCUT2D eigenvalue weighted by Crippen LogP contribution is -2.50. The van der Waals surface area contributed by atoms with Crippen LogP contribution < -0.4 is 0 Å². The summed E-state index contributed by atoms with van der Waals surface area (Å²) in [5.41, 5.74) is 0.161. The van der Waals surface area contributed by atoms with Crippen LogP contribution in [0.4, 0.5) is 0 Å². The van der Waals surface area contributed by atoms with Crippen LogP contribution in [0.25, 0.3) is 0 Å². The second-order valence-corrected chi connectivity index (χ2v) is 9.82. The van der Waals surface area contributed by atoms with E-state index in [1.165, 1.54) is 6.26 Å². The van der Waals surface area contributed by atoms with E-state index in [-0.39, 0.29) is 10.8 Å². The van der Waals surface area contributed by atoms with E-state index in [1.54, 1.807) is 11.8 Å². The highest BCUT2D eigenvalue weighted by Gasteiger charge is 2.34. The molecule has 0 N–H and O–H groups in total. The highest BCUT2D eigenvalue weighted by Crippen LogP contribution is 2.30. The Balaban J connectivity index is 2.79. The Labute approximate surface area is 121 Å². The second kappa shape index (κ2) is 6.37. The van der Waals surface area contributed by atoms with Crippen molar-refractivity contribution >= 4 is 34.2 Å². The fraction of sp³-hybridized carbons (Fsp3) is 1.00. The van der Waals surface area contributed by atoms with Crippen LogP contribution in [0, 0.1) is 11.3 Å². The zero-order chi connectivity index (χ0) is 14.0. The molecule has 0 bridgehead atoms. The lowest BCUT2D eigenvalue weighted by atomic mass is 9.81. The lowest BCUT2D eigenvalue weighted by Gasteiger charge is -2.39. The summed E-state index contributed by atoms with van der Waals surface area (Å²) in [7, 11) is -2.99. The van der Waals surface area contributed by atoms with Crippen molar-refractivity contribution < 1.29 is 8.42 Å². The average molecular weight is 312 g/mol. The molecule has 0 spiro atoms. The summed E-state index contributed by atoms with van der Waals surface area (Å²) in [4.78, 5) is 2.14. The Morgan fingerprint density at radius 3 is 2.50 bits per heavy atom. The van der Waals surface area contributed by atoms with Crippen molar-refractivity contribution in [2.45, 2.75) is 26.1 Å². The van der Waals surface area contributed by atoms with E-state index < -0.39 is 9.84 Å². The third kappa shape index (κ3) is 4.62. The largest absolute Gasteiger partial charge is 0.285 e. The van der Waals surface area contributed by atoms with Crippen LogP contribution in [-0.2, 0) is 9.84 Å². The number of thiol groups is 1. The van der Waals surface area contributed by atoms with E-state index in [2.05, 4.69) is 38.3 Å². The van der Waals surface area contributed by atoms with Gasteiger partial charge in [0.1, 0.15) is 5.37 Å². The Bertz CT molecular complexity index is 362. The first kappa shape index (κ1) is 16.7. The molecular formula is C12H25NO2S3. The van der Waals surface area contributed by atoms with Crippen LogP contribution in [0.5, 0.6) is 0 Å². The van der Waals surface area contributed by atoms with Crippen molar-refractivity contribution in [3.05, 3.63) is 0 Å². The molecular weight excluding hydrogens is 286 g/mol.